The molecule has 0 aliphatic carbocycles. The van der Waals surface area contributed by atoms with Crippen LogP contribution in [0.4, 0.5) is 5.82 Å². The van der Waals surface area contributed by atoms with Crippen LogP contribution in [0.2, 0.25) is 0 Å². The van der Waals surface area contributed by atoms with Crippen LogP contribution in [-0.4, -0.2) is 56.2 Å². The summed E-state index contributed by atoms with van der Waals surface area (Å²) in [5.74, 6) is 1.35. The number of aliphatic hydroxyl groups is 1. The fourth-order valence-corrected chi connectivity index (χ4v) is 2.75. The lowest BCUT2D eigenvalue weighted by Crippen LogP contribution is -2.45. The molecule has 2 aromatic rings. The zero-order chi connectivity index (χ0) is 17.9. The molecule has 1 atom stereocenters. The summed E-state index contributed by atoms with van der Waals surface area (Å²) in [5.41, 5.74) is -0.608. The molecule has 1 aliphatic heterocycles. The SMILES string of the molecule is CC(C)c1ncc(C(=O)NCC2(O)CCN(c3cnccn3)C2)cn1. The third-order valence-corrected chi connectivity index (χ3v) is 4.23. The first-order chi connectivity index (χ1) is 12.0. The van der Waals surface area contributed by atoms with Gasteiger partial charge < -0.3 is 15.3 Å². The smallest absolute Gasteiger partial charge is 0.254 e. The maximum atomic E-state index is 12.2. The highest BCUT2D eigenvalue weighted by Gasteiger charge is 2.37. The van der Waals surface area contributed by atoms with Gasteiger partial charge in [0.2, 0.25) is 0 Å². The predicted molar refractivity (Wildman–Crippen MR) is 92.3 cm³/mol. The largest absolute Gasteiger partial charge is 0.386 e. The van der Waals surface area contributed by atoms with E-state index in [1.165, 1.54) is 12.4 Å². The van der Waals surface area contributed by atoms with E-state index in [9.17, 15) is 9.90 Å². The quantitative estimate of drug-likeness (QED) is 0.826. The highest BCUT2D eigenvalue weighted by Crippen LogP contribution is 2.24. The number of carbonyl (C=O) groups is 1. The van der Waals surface area contributed by atoms with E-state index in [1.54, 1.807) is 18.6 Å². The van der Waals surface area contributed by atoms with Gasteiger partial charge in [-0.1, -0.05) is 13.8 Å². The molecule has 0 spiro atoms. The Bertz CT molecular complexity index is 722. The van der Waals surface area contributed by atoms with E-state index in [1.807, 2.05) is 18.7 Å². The summed E-state index contributed by atoms with van der Waals surface area (Å²) in [7, 11) is 0. The topological polar surface area (TPSA) is 104 Å². The number of anilines is 1. The fraction of sp³-hybridized carbons (Fsp3) is 0.471. The molecule has 1 amide bonds. The van der Waals surface area contributed by atoms with Crippen LogP contribution in [0.5, 0.6) is 0 Å². The van der Waals surface area contributed by atoms with Gasteiger partial charge >= 0.3 is 0 Å². The third-order valence-electron chi connectivity index (χ3n) is 4.23. The Hall–Kier alpha value is -2.61. The van der Waals surface area contributed by atoms with E-state index in [0.29, 0.717) is 30.9 Å². The van der Waals surface area contributed by atoms with Crippen molar-refractivity contribution in [1.29, 1.82) is 0 Å². The molecule has 3 rings (SSSR count). The van der Waals surface area contributed by atoms with E-state index in [4.69, 9.17) is 0 Å². The van der Waals surface area contributed by atoms with Crippen molar-refractivity contribution in [2.45, 2.75) is 31.8 Å². The molecule has 8 nitrogen and oxygen atoms in total. The maximum Gasteiger partial charge on any atom is 0.254 e. The number of β-amino-alcohol motifs (C(OH)–C–C–N with tert-alkyl or cyclic N) is 1. The molecular formula is C17H22N6O2. The lowest BCUT2D eigenvalue weighted by atomic mass is 10.0. The lowest BCUT2D eigenvalue weighted by molar-refractivity contribution is 0.0575. The van der Waals surface area contributed by atoms with Gasteiger partial charge in [0, 0.05) is 50.3 Å². The van der Waals surface area contributed by atoms with Gasteiger partial charge in [0.1, 0.15) is 17.2 Å². The number of carbonyl (C=O) groups excluding carboxylic acids is 1. The Morgan fingerprint density at radius 3 is 2.68 bits per heavy atom. The second-order valence-electron chi connectivity index (χ2n) is 6.63. The molecule has 132 valence electrons. The first kappa shape index (κ1) is 17.2. The van der Waals surface area contributed by atoms with E-state index < -0.39 is 5.60 Å². The van der Waals surface area contributed by atoms with Crippen LogP contribution >= 0.6 is 0 Å². The number of aromatic nitrogens is 4. The summed E-state index contributed by atoms with van der Waals surface area (Å²) < 4.78 is 0. The molecule has 0 bridgehead atoms. The van der Waals surface area contributed by atoms with Gasteiger partial charge in [-0.3, -0.25) is 9.78 Å². The van der Waals surface area contributed by atoms with Crippen molar-refractivity contribution in [2.24, 2.45) is 0 Å². The van der Waals surface area contributed by atoms with Gasteiger partial charge in [0.15, 0.2) is 0 Å². The van der Waals surface area contributed by atoms with Gasteiger partial charge in [-0.05, 0) is 6.42 Å². The van der Waals surface area contributed by atoms with Crippen LogP contribution in [0, 0.1) is 0 Å². The van der Waals surface area contributed by atoms with Crippen LogP contribution in [-0.2, 0) is 0 Å². The Morgan fingerprint density at radius 2 is 2.04 bits per heavy atom. The van der Waals surface area contributed by atoms with Crippen molar-refractivity contribution in [3.8, 4) is 0 Å². The van der Waals surface area contributed by atoms with E-state index in [0.717, 1.165) is 5.82 Å². The molecule has 3 heterocycles. The third kappa shape index (κ3) is 4.08. The minimum Gasteiger partial charge on any atom is -0.386 e. The van der Waals surface area contributed by atoms with Gasteiger partial charge in [0.25, 0.3) is 5.91 Å². The summed E-state index contributed by atoms with van der Waals surface area (Å²) in [4.78, 5) is 30.9. The standard InChI is InChI=1S/C17H22N6O2/c1-12(2)15-20-7-13(8-21-15)16(24)22-10-17(25)3-6-23(11-17)14-9-18-4-5-19-14/h4-5,7-9,12,25H,3,6,10-11H2,1-2H3,(H,22,24). The second kappa shape index (κ2) is 7.10. The Balaban J connectivity index is 1.56. The summed E-state index contributed by atoms with van der Waals surface area (Å²) in [6.07, 6.45) is 8.48. The van der Waals surface area contributed by atoms with E-state index in [2.05, 4.69) is 25.3 Å². The molecule has 0 saturated carbocycles. The zero-order valence-electron chi connectivity index (χ0n) is 14.4. The Labute approximate surface area is 146 Å². The highest BCUT2D eigenvalue weighted by molar-refractivity contribution is 5.93. The molecule has 1 unspecified atom stereocenters. The number of nitrogens with one attached hydrogen (secondary N) is 1. The van der Waals surface area contributed by atoms with Crippen molar-refractivity contribution >= 4 is 11.7 Å². The van der Waals surface area contributed by atoms with Gasteiger partial charge in [-0.2, -0.15) is 0 Å². The molecule has 25 heavy (non-hydrogen) atoms. The van der Waals surface area contributed by atoms with Crippen molar-refractivity contribution < 1.29 is 9.90 Å². The molecular weight excluding hydrogens is 320 g/mol. The molecule has 0 aromatic carbocycles. The number of nitrogens with zero attached hydrogens (tertiary/aromatic N) is 5. The first-order valence-electron chi connectivity index (χ1n) is 8.30. The van der Waals surface area contributed by atoms with Gasteiger partial charge in [-0.15, -0.1) is 0 Å². The molecule has 1 saturated heterocycles. The second-order valence-corrected chi connectivity index (χ2v) is 6.63. The molecule has 2 aromatic heterocycles. The van der Waals surface area contributed by atoms with Crippen LogP contribution in [0.3, 0.4) is 0 Å². The minimum absolute atomic E-state index is 0.161. The average molecular weight is 342 g/mol. The summed E-state index contributed by atoms with van der Waals surface area (Å²) in [6.45, 7) is 5.21. The van der Waals surface area contributed by atoms with Crippen molar-refractivity contribution in [3.05, 3.63) is 42.4 Å². The average Bonchev–Trinajstić information content (AvgIpc) is 3.03. The number of hydrogen-bond acceptors (Lipinski definition) is 7. The normalized spacial score (nSPS) is 20.1. The van der Waals surface area contributed by atoms with E-state index >= 15 is 0 Å². The maximum absolute atomic E-state index is 12.2. The zero-order valence-corrected chi connectivity index (χ0v) is 14.4. The number of rotatable bonds is 5. The van der Waals surface area contributed by atoms with Crippen molar-refractivity contribution in [1.82, 2.24) is 25.3 Å². The Morgan fingerprint density at radius 1 is 1.28 bits per heavy atom. The van der Waals surface area contributed by atoms with Crippen molar-refractivity contribution in [3.63, 3.8) is 0 Å². The van der Waals surface area contributed by atoms with Gasteiger partial charge in [0.05, 0.1) is 11.8 Å². The summed E-state index contributed by atoms with van der Waals surface area (Å²) >= 11 is 0. The van der Waals surface area contributed by atoms with E-state index in [-0.39, 0.29) is 18.4 Å². The molecule has 1 fully saturated rings. The van der Waals surface area contributed by atoms with Crippen LogP contribution in [0.25, 0.3) is 0 Å². The van der Waals surface area contributed by atoms with Crippen molar-refractivity contribution in [2.75, 3.05) is 24.5 Å². The number of hydrogen-bond donors (Lipinski definition) is 2. The first-order valence-corrected chi connectivity index (χ1v) is 8.30. The fourth-order valence-electron chi connectivity index (χ4n) is 2.75. The van der Waals surface area contributed by atoms with Crippen LogP contribution in [0.1, 0.15) is 42.4 Å². The van der Waals surface area contributed by atoms with Gasteiger partial charge in [-0.25, -0.2) is 15.0 Å². The Kier molecular flexibility index (Phi) is 4.89. The lowest BCUT2D eigenvalue weighted by Gasteiger charge is -2.24. The summed E-state index contributed by atoms with van der Waals surface area (Å²) in [6, 6.07) is 0. The van der Waals surface area contributed by atoms with Crippen LogP contribution < -0.4 is 10.2 Å². The predicted octanol–water partition coefficient (Wildman–Crippen LogP) is 0.761. The monoisotopic (exact) mass is 342 g/mol. The minimum atomic E-state index is -0.994. The molecule has 0 radical (unpaired) electrons. The summed E-state index contributed by atoms with van der Waals surface area (Å²) in [5, 5.41) is 13.5. The molecule has 8 heteroatoms. The molecule has 1 aliphatic rings. The van der Waals surface area contributed by atoms with Crippen LogP contribution in [0.15, 0.2) is 31.0 Å². The number of amides is 1. The molecule has 2 N–H and O–H groups in total. The highest BCUT2D eigenvalue weighted by atomic mass is 16.3.